The summed E-state index contributed by atoms with van der Waals surface area (Å²) in [6.07, 6.45) is 6.63. The predicted molar refractivity (Wildman–Crippen MR) is 104 cm³/mol. The SMILES string of the molecule is C=C1C[C@@H](C(=O)OC)N(C(=O)[C@@H](NC(=O)CC2CCCCC2)C(C)(C)C)C1. The van der Waals surface area contributed by atoms with Crippen LogP contribution in [0.25, 0.3) is 0 Å². The van der Waals surface area contributed by atoms with Gasteiger partial charge in [0.25, 0.3) is 0 Å². The molecule has 0 aromatic rings. The van der Waals surface area contributed by atoms with Crippen LogP contribution < -0.4 is 5.32 Å². The van der Waals surface area contributed by atoms with Crippen molar-refractivity contribution >= 4 is 17.8 Å². The van der Waals surface area contributed by atoms with Gasteiger partial charge in [-0.3, -0.25) is 9.59 Å². The molecule has 0 aromatic carbocycles. The highest BCUT2D eigenvalue weighted by Gasteiger charge is 2.43. The molecule has 0 unspecified atom stereocenters. The van der Waals surface area contributed by atoms with Crippen molar-refractivity contribution in [3.8, 4) is 0 Å². The average Bonchev–Trinajstić information content (AvgIpc) is 3.00. The Hall–Kier alpha value is -1.85. The Bertz CT molecular complexity index is 587. The number of likely N-dealkylation sites (tertiary alicyclic amines) is 1. The van der Waals surface area contributed by atoms with Crippen LogP contribution in [0, 0.1) is 11.3 Å². The molecule has 1 aliphatic heterocycles. The number of amides is 2. The van der Waals surface area contributed by atoms with E-state index in [4.69, 9.17) is 4.74 Å². The highest BCUT2D eigenvalue weighted by atomic mass is 16.5. The minimum absolute atomic E-state index is 0.0807. The molecule has 0 aromatic heterocycles. The maximum absolute atomic E-state index is 13.3. The molecule has 1 saturated heterocycles. The maximum Gasteiger partial charge on any atom is 0.328 e. The molecule has 2 atom stereocenters. The van der Waals surface area contributed by atoms with Crippen molar-refractivity contribution in [2.24, 2.45) is 11.3 Å². The molecule has 2 fully saturated rings. The molecule has 6 heteroatoms. The fourth-order valence-electron chi connectivity index (χ4n) is 4.07. The third-order valence-electron chi connectivity index (χ3n) is 5.63. The monoisotopic (exact) mass is 378 g/mol. The zero-order chi connectivity index (χ0) is 20.2. The summed E-state index contributed by atoms with van der Waals surface area (Å²) >= 11 is 0. The van der Waals surface area contributed by atoms with E-state index < -0.39 is 23.5 Å². The van der Waals surface area contributed by atoms with Gasteiger partial charge in [0.2, 0.25) is 11.8 Å². The molecule has 0 radical (unpaired) electrons. The molecule has 2 aliphatic rings. The molecule has 0 spiro atoms. The number of nitrogens with one attached hydrogen (secondary N) is 1. The summed E-state index contributed by atoms with van der Waals surface area (Å²) in [7, 11) is 1.32. The van der Waals surface area contributed by atoms with E-state index in [9.17, 15) is 14.4 Å². The van der Waals surface area contributed by atoms with Gasteiger partial charge < -0.3 is 15.0 Å². The minimum atomic E-state index is -0.688. The van der Waals surface area contributed by atoms with Crippen LogP contribution in [0.1, 0.15) is 65.7 Å². The Morgan fingerprint density at radius 1 is 1.22 bits per heavy atom. The molecule has 6 nitrogen and oxygen atoms in total. The van der Waals surface area contributed by atoms with Gasteiger partial charge in [-0.05, 0) is 24.2 Å². The molecule has 1 N–H and O–H groups in total. The Morgan fingerprint density at radius 2 is 1.85 bits per heavy atom. The second kappa shape index (κ2) is 8.89. The van der Waals surface area contributed by atoms with Gasteiger partial charge >= 0.3 is 5.97 Å². The third kappa shape index (κ3) is 5.56. The number of hydrogen-bond acceptors (Lipinski definition) is 4. The van der Waals surface area contributed by atoms with Crippen LogP contribution in [-0.2, 0) is 19.1 Å². The Kier molecular flexibility index (Phi) is 7.06. The van der Waals surface area contributed by atoms with E-state index >= 15 is 0 Å². The molecule has 1 saturated carbocycles. The zero-order valence-electron chi connectivity index (χ0n) is 17.2. The second-order valence-electron chi connectivity index (χ2n) is 9.03. The lowest BCUT2D eigenvalue weighted by atomic mass is 9.84. The predicted octanol–water partition coefficient (Wildman–Crippen LogP) is 2.82. The third-order valence-corrected chi connectivity index (χ3v) is 5.63. The first kappa shape index (κ1) is 21.5. The lowest BCUT2D eigenvalue weighted by Gasteiger charge is -2.35. The number of ether oxygens (including phenoxy) is 1. The van der Waals surface area contributed by atoms with Crippen LogP contribution in [0.5, 0.6) is 0 Å². The van der Waals surface area contributed by atoms with Crippen molar-refractivity contribution in [3.05, 3.63) is 12.2 Å². The van der Waals surface area contributed by atoms with E-state index in [1.807, 2.05) is 20.8 Å². The van der Waals surface area contributed by atoms with E-state index in [1.54, 1.807) is 0 Å². The summed E-state index contributed by atoms with van der Waals surface area (Å²) in [6.45, 7) is 10.0. The quantitative estimate of drug-likeness (QED) is 0.590. The van der Waals surface area contributed by atoms with Gasteiger partial charge in [-0.1, -0.05) is 52.2 Å². The van der Waals surface area contributed by atoms with Crippen LogP contribution in [0.2, 0.25) is 0 Å². The van der Waals surface area contributed by atoms with Crippen molar-refractivity contribution in [3.63, 3.8) is 0 Å². The molecule has 1 heterocycles. The molecule has 27 heavy (non-hydrogen) atoms. The molecule has 2 amide bonds. The molecule has 2 rings (SSSR count). The summed E-state index contributed by atoms with van der Waals surface area (Å²) in [5.41, 5.74) is 0.351. The van der Waals surface area contributed by atoms with E-state index in [0.717, 1.165) is 18.4 Å². The summed E-state index contributed by atoms with van der Waals surface area (Å²) in [4.78, 5) is 39.5. The lowest BCUT2D eigenvalue weighted by molar-refractivity contribution is -0.153. The number of esters is 1. The van der Waals surface area contributed by atoms with Gasteiger partial charge in [-0.25, -0.2) is 4.79 Å². The van der Waals surface area contributed by atoms with Crippen LogP contribution in [0.4, 0.5) is 0 Å². The second-order valence-corrected chi connectivity index (χ2v) is 9.03. The average molecular weight is 379 g/mol. The first-order chi connectivity index (χ1) is 12.6. The number of hydrogen-bond donors (Lipinski definition) is 1. The van der Waals surface area contributed by atoms with Crippen LogP contribution in [0.3, 0.4) is 0 Å². The summed E-state index contributed by atoms with van der Waals surface area (Å²) in [5, 5.41) is 2.96. The topological polar surface area (TPSA) is 75.7 Å². The van der Waals surface area contributed by atoms with Crippen LogP contribution in [0.15, 0.2) is 12.2 Å². The number of carbonyl (C=O) groups excluding carboxylic acids is 3. The molecular formula is C21H34N2O4. The van der Waals surface area contributed by atoms with Crippen molar-refractivity contribution < 1.29 is 19.1 Å². The smallest absolute Gasteiger partial charge is 0.328 e. The van der Waals surface area contributed by atoms with Gasteiger partial charge in [0.1, 0.15) is 12.1 Å². The lowest BCUT2D eigenvalue weighted by Crippen LogP contribution is -2.57. The fraction of sp³-hybridized carbons (Fsp3) is 0.762. The standard InChI is InChI=1S/C21H34N2O4/c1-14-11-16(20(26)27-5)23(13-14)19(25)18(21(2,3)4)22-17(24)12-15-9-7-6-8-10-15/h15-16,18H,1,6-13H2,2-5H3,(H,22,24)/t16-,18+/m0/s1. The Morgan fingerprint density at radius 3 is 2.41 bits per heavy atom. The van der Waals surface area contributed by atoms with Gasteiger partial charge in [-0.2, -0.15) is 0 Å². The first-order valence-electron chi connectivity index (χ1n) is 9.97. The number of nitrogens with zero attached hydrogens (tertiary/aromatic N) is 1. The van der Waals surface area contributed by atoms with Crippen molar-refractivity contribution in [2.45, 2.75) is 77.8 Å². The van der Waals surface area contributed by atoms with E-state index in [-0.39, 0.29) is 11.8 Å². The molecule has 152 valence electrons. The first-order valence-corrected chi connectivity index (χ1v) is 9.97. The van der Waals surface area contributed by atoms with E-state index in [2.05, 4.69) is 11.9 Å². The minimum Gasteiger partial charge on any atom is -0.467 e. The zero-order valence-corrected chi connectivity index (χ0v) is 17.2. The number of methoxy groups -OCH3 is 1. The van der Waals surface area contributed by atoms with E-state index in [0.29, 0.717) is 25.3 Å². The normalized spacial score (nSPS) is 22.4. The molecular weight excluding hydrogens is 344 g/mol. The number of carbonyl (C=O) groups is 3. The van der Waals surface area contributed by atoms with Gasteiger partial charge in [-0.15, -0.1) is 0 Å². The summed E-state index contributed by atoms with van der Waals surface area (Å²) in [6, 6.07) is -1.35. The van der Waals surface area contributed by atoms with Crippen molar-refractivity contribution in [1.82, 2.24) is 10.2 Å². The van der Waals surface area contributed by atoms with Crippen LogP contribution in [-0.4, -0.2) is 48.4 Å². The molecule has 1 aliphatic carbocycles. The number of rotatable bonds is 5. The fourth-order valence-corrected chi connectivity index (χ4v) is 4.07. The summed E-state index contributed by atoms with van der Waals surface area (Å²) in [5.74, 6) is -0.358. The van der Waals surface area contributed by atoms with Crippen molar-refractivity contribution in [1.29, 1.82) is 0 Å². The maximum atomic E-state index is 13.3. The van der Waals surface area contributed by atoms with Gasteiger partial charge in [0, 0.05) is 19.4 Å². The highest BCUT2D eigenvalue weighted by molar-refractivity contribution is 5.92. The van der Waals surface area contributed by atoms with Crippen molar-refractivity contribution in [2.75, 3.05) is 13.7 Å². The molecule has 0 bridgehead atoms. The Balaban J connectivity index is 2.10. The summed E-state index contributed by atoms with van der Waals surface area (Å²) < 4.78 is 4.85. The highest BCUT2D eigenvalue weighted by Crippen LogP contribution is 2.29. The van der Waals surface area contributed by atoms with Gasteiger partial charge in [0.05, 0.1) is 7.11 Å². The van der Waals surface area contributed by atoms with Gasteiger partial charge in [0.15, 0.2) is 0 Å². The Labute approximate surface area is 162 Å². The van der Waals surface area contributed by atoms with E-state index in [1.165, 1.54) is 31.3 Å². The van der Waals surface area contributed by atoms with Crippen LogP contribution >= 0.6 is 0 Å². The largest absolute Gasteiger partial charge is 0.467 e.